The highest BCUT2D eigenvalue weighted by Crippen LogP contribution is 2.43. The Bertz CT molecular complexity index is 975. The van der Waals surface area contributed by atoms with E-state index in [-0.39, 0.29) is 18.1 Å². The van der Waals surface area contributed by atoms with Crippen molar-refractivity contribution in [1.29, 1.82) is 0 Å². The van der Waals surface area contributed by atoms with E-state index in [1.165, 1.54) is 38.5 Å². The summed E-state index contributed by atoms with van der Waals surface area (Å²) < 4.78 is 56.7. The lowest BCUT2D eigenvalue weighted by molar-refractivity contribution is 0.310. The van der Waals surface area contributed by atoms with Gasteiger partial charge in [0.25, 0.3) is 0 Å². The molecule has 0 aromatic heterocycles. The molecule has 0 saturated carbocycles. The Kier molecular flexibility index (Phi) is 12.2. The first kappa shape index (κ1) is 33.6. The average molecular weight is 575 g/mol. The van der Waals surface area contributed by atoms with Crippen LogP contribution in [0.15, 0.2) is 11.8 Å². The summed E-state index contributed by atoms with van der Waals surface area (Å²) in [5.74, 6) is 0. The number of sulfonamides is 2. The van der Waals surface area contributed by atoms with Crippen molar-refractivity contribution < 1.29 is 16.8 Å². The summed E-state index contributed by atoms with van der Waals surface area (Å²) in [6.45, 7) is 15.0. The van der Waals surface area contributed by atoms with Crippen molar-refractivity contribution in [3.8, 4) is 0 Å². The van der Waals surface area contributed by atoms with Crippen LogP contribution < -0.4 is 0 Å². The van der Waals surface area contributed by atoms with E-state index in [2.05, 4.69) is 13.8 Å². The molecule has 1 saturated heterocycles. The molecular weight excluding hydrogens is 516 g/mol. The summed E-state index contributed by atoms with van der Waals surface area (Å²) in [7, 11) is -7.12. The zero-order valence-electron chi connectivity index (χ0n) is 25.8. The van der Waals surface area contributed by atoms with Gasteiger partial charge in [0.15, 0.2) is 0 Å². The molecule has 0 unspecified atom stereocenters. The average Bonchev–Trinajstić information content (AvgIpc) is 3.42. The summed E-state index contributed by atoms with van der Waals surface area (Å²) >= 11 is 0. The number of unbranched alkanes of at least 4 members (excludes halogenated alkanes) is 8. The SMILES string of the molecule is CCCCCCC[C@@H]1CC([C@H]2CC[C@@H](CCCCCCC)N2S(=O)(=O)C(C)(C)C)=CN1S(=O)(=O)C(C)(C)C. The van der Waals surface area contributed by atoms with E-state index >= 15 is 0 Å². The Morgan fingerprint density at radius 3 is 1.63 bits per heavy atom. The largest absolute Gasteiger partial charge is 0.273 e. The highest BCUT2D eigenvalue weighted by atomic mass is 32.2. The molecule has 0 amide bonds. The molecular formula is C30H58N2O4S2. The second kappa shape index (κ2) is 13.8. The van der Waals surface area contributed by atoms with Crippen molar-refractivity contribution in [3.63, 3.8) is 0 Å². The topological polar surface area (TPSA) is 74.8 Å². The molecule has 0 spiro atoms. The van der Waals surface area contributed by atoms with Crippen LogP contribution in [0.1, 0.15) is 152 Å². The van der Waals surface area contributed by atoms with Crippen LogP contribution in [0.5, 0.6) is 0 Å². The first-order valence-electron chi connectivity index (χ1n) is 15.4. The van der Waals surface area contributed by atoms with Crippen molar-refractivity contribution in [2.45, 2.75) is 179 Å². The molecule has 8 heteroatoms. The molecule has 3 atom stereocenters. The minimum absolute atomic E-state index is 0.00693. The van der Waals surface area contributed by atoms with Gasteiger partial charge < -0.3 is 0 Å². The maximum Gasteiger partial charge on any atom is 0.239 e. The van der Waals surface area contributed by atoms with Gasteiger partial charge in [-0.1, -0.05) is 78.1 Å². The van der Waals surface area contributed by atoms with Crippen LogP contribution in [0.25, 0.3) is 0 Å². The minimum atomic E-state index is -3.56. The zero-order valence-corrected chi connectivity index (χ0v) is 27.4. The van der Waals surface area contributed by atoms with E-state index in [1.54, 1.807) is 45.8 Å². The van der Waals surface area contributed by atoms with Crippen molar-refractivity contribution in [3.05, 3.63) is 11.8 Å². The molecule has 0 radical (unpaired) electrons. The molecule has 2 aliphatic rings. The third kappa shape index (κ3) is 7.99. The fourth-order valence-electron chi connectivity index (χ4n) is 5.84. The maximum absolute atomic E-state index is 13.9. The van der Waals surface area contributed by atoms with Crippen LogP contribution in [0.2, 0.25) is 0 Å². The molecule has 2 aliphatic heterocycles. The van der Waals surface area contributed by atoms with Gasteiger partial charge in [-0.15, -0.1) is 0 Å². The molecule has 0 N–H and O–H groups in total. The molecule has 0 aromatic rings. The predicted octanol–water partition coefficient (Wildman–Crippen LogP) is 7.76. The molecule has 6 nitrogen and oxygen atoms in total. The molecule has 1 fully saturated rings. The Morgan fingerprint density at radius 1 is 0.684 bits per heavy atom. The van der Waals surface area contributed by atoms with Crippen LogP contribution in [0.4, 0.5) is 0 Å². The van der Waals surface area contributed by atoms with Gasteiger partial charge in [-0.25, -0.2) is 16.8 Å². The van der Waals surface area contributed by atoms with Gasteiger partial charge >= 0.3 is 0 Å². The van der Waals surface area contributed by atoms with Crippen molar-refractivity contribution >= 4 is 20.0 Å². The van der Waals surface area contributed by atoms with Crippen LogP contribution in [-0.2, 0) is 20.0 Å². The quantitative estimate of drug-likeness (QED) is 0.187. The molecule has 0 bridgehead atoms. The van der Waals surface area contributed by atoms with Gasteiger partial charge in [0.1, 0.15) is 0 Å². The van der Waals surface area contributed by atoms with E-state index < -0.39 is 29.5 Å². The van der Waals surface area contributed by atoms with Crippen LogP contribution in [0.3, 0.4) is 0 Å². The lowest BCUT2D eigenvalue weighted by atomic mass is 9.98. The van der Waals surface area contributed by atoms with E-state index in [0.29, 0.717) is 6.42 Å². The van der Waals surface area contributed by atoms with Crippen LogP contribution in [-0.4, -0.2) is 53.1 Å². The first-order chi connectivity index (χ1) is 17.6. The van der Waals surface area contributed by atoms with Gasteiger partial charge in [0.2, 0.25) is 20.0 Å². The van der Waals surface area contributed by atoms with E-state index in [1.807, 2.05) is 10.5 Å². The summed E-state index contributed by atoms with van der Waals surface area (Å²) in [6.07, 6.45) is 17.2. The highest BCUT2D eigenvalue weighted by molar-refractivity contribution is 7.90. The summed E-state index contributed by atoms with van der Waals surface area (Å²) in [5.41, 5.74) is 0.984. The normalized spacial score (nSPS) is 23.8. The summed E-state index contributed by atoms with van der Waals surface area (Å²) in [6, 6.07) is -0.377. The number of rotatable bonds is 15. The molecule has 38 heavy (non-hydrogen) atoms. The van der Waals surface area contributed by atoms with Gasteiger partial charge in [-0.05, 0) is 79.2 Å². The number of nitrogens with zero attached hydrogens (tertiary/aromatic N) is 2. The van der Waals surface area contributed by atoms with Gasteiger partial charge in [-0.3, -0.25) is 4.31 Å². The van der Waals surface area contributed by atoms with Gasteiger partial charge in [0.05, 0.1) is 9.49 Å². The summed E-state index contributed by atoms with van der Waals surface area (Å²) in [4.78, 5) is 0. The lowest BCUT2D eigenvalue weighted by Gasteiger charge is -2.35. The minimum Gasteiger partial charge on any atom is -0.273 e. The first-order valence-corrected chi connectivity index (χ1v) is 18.2. The van der Waals surface area contributed by atoms with Gasteiger partial charge in [-0.2, -0.15) is 4.31 Å². The van der Waals surface area contributed by atoms with Crippen molar-refractivity contribution in [2.75, 3.05) is 0 Å². The Labute approximate surface area is 236 Å². The molecule has 224 valence electrons. The summed E-state index contributed by atoms with van der Waals surface area (Å²) in [5, 5.41) is 0. The molecule has 0 aromatic carbocycles. The van der Waals surface area contributed by atoms with Crippen LogP contribution >= 0.6 is 0 Å². The Hall–Kier alpha value is -0.600. The highest BCUT2D eigenvalue weighted by Gasteiger charge is 2.50. The fraction of sp³-hybridized carbons (Fsp3) is 0.933. The third-order valence-corrected chi connectivity index (χ3v) is 13.5. The Balaban J connectivity index is 2.35. The second-order valence-electron chi connectivity index (χ2n) is 13.6. The van der Waals surface area contributed by atoms with E-state index in [4.69, 9.17) is 0 Å². The molecule has 0 aliphatic carbocycles. The number of hydrogen-bond acceptors (Lipinski definition) is 4. The fourth-order valence-corrected chi connectivity index (χ4v) is 9.13. The van der Waals surface area contributed by atoms with Gasteiger partial charge in [0, 0.05) is 24.3 Å². The second-order valence-corrected chi connectivity index (χ2v) is 18.8. The predicted molar refractivity (Wildman–Crippen MR) is 161 cm³/mol. The van der Waals surface area contributed by atoms with Crippen LogP contribution in [0, 0.1) is 0 Å². The van der Waals surface area contributed by atoms with E-state index in [0.717, 1.165) is 56.9 Å². The standard InChI is InChI=1S/C30H58N2O4S2/c1-9-11-13-15-17-19-26-21-22-28(32(26)38(35,36)30(6,7)8)25-23-27(20-18-16-14-12-10-2)31(24-25)37(33,34)29(3,4)5/h24,26-28H,9-23H2,1-8H3/t26-,27-,28-/m1/s1. The smallest absolute Gasteiger partial charge is 0.239 e. The zero-order chi connectivity index (χ0) is 28.8. The van der Waals surface area contributed by atoms with E-state index in [9.17, 15) is 16.8 Å². The maximum atomic E-state index is 13.9. The lowest BCUT2D eigenvalue weighted by Crippen LogP contribution is -2.49. The van der Waals surface area contributed by atoms with Crippen molar-refractivity contribution in [2.24, 2.45) is 0 Å². The van der Waals surface area contributed by atoms with Crippen molar-refractivity contribution in [1.82, 2.24) is 8.61 Å². The molecule has 2 heterocycles. The monoisotopic (exact) mass is 574 g/mol. The third-order valence-electron chi connectivity index (χ3n) is 8.38. The molecule has 2 rings (SSSR count). The number of hydrogen-bond donors (Lipinski definition) is 0. The Morgan fingerprint density at radius 2 is 1.16 bits per heavy atom.